The lowest BCUT2D eigenvalue weighted by molar-refractivity contribution is -0.118. The van der Waals surface area contributed by atoms with E-state index in [1.165, 1.54) is 0 Å². The third-order valence-electron chi connectivity index (χ3n) is 3.34. The number of ether oxygens (including phenoxy) is 2. The average Bonchev–Trinajstić information content (AvgIpc) is 2.54. The number of halogens is 2. The van der Waals surface area contributed by atoms with Crippen LogP contribution in [0.2, 0.25) is 5.02 Å². The first-order valence-electron chi connectivity index (χ1n) is 7.05. The molecule has 1 aliphatic heterocycles. The summed E-state index contributed by atoms with van der Waals surface area (Å²) >= 11 is 9.20. The molecular formula is C16H14BrClN2O3. The Balaban J connectivity index is 1.59. The average molecular weight is 398 g/mol. The predicted molar refractivity (Wildman–Crippen MR) is 90.9 cm³/mol. The molecule has 2 aromatic rings. The maximum absolute atomic E-state index is 12.0. The van der Waals surface area contributed by atoms with Crippen molar-refractivity contribution in [2.75, 3.05) is 18.5 Å². The van der Waals surface area contributed by atoms with E-state index in [2.05, 4.69) is 26.2 Å². The van der Waals surface area contributed by atoms with Gasteiger partial charge in [-0.05, 0) is 40.2 Å². The van der Waals surface area contributed by atoms with E-state index >= 15 is 0 Å². The van der Waals surface area contributed by atoms with Gasteiger partial charge in [-0.2, -0.15) is 0 Å². The maximum Gasteiger partial charge on any atom is 0.262 e. The Morgan fingerprint density at radius 3 is 3.13 bits per heavy atom. The van der Waals surface area contributed by atoms with Gasteiger partial charge in [-0.15, -0.1) is 0 Å². The Morgan fingerprint density at radius 1 is 1.43 bits per heavy atom. The first-order valence-corrected chi connectivity index (χ1v) is 8.22. The molecule has 2 heterocycles. The lowest BCUT2D eigenvalue weighted by atomic mass is 10.1. The monoisotopic (exact) mass is 396 g/mol. The SMILES string of the molecule is O=C(COc1ccc(Cl)cc1Br)Nc1cnc2c(c1)COCC2. The van der Waals surface area contributed by atoms with E-state index in [4.69, 9.17) is 21.1 Å². The number of nitrogens with one attached hydrogen (secondary N) is 1. The molecule has 120 valence electrons. The molecule has 1 amide bonds. The zero-order valence-corrected chi connectivity index (χ0v) is 14.5. The highest BCUT2D eigenvalue weighted by Gasteiger charge is 2.13. The number of carbonyl (C=O) groups is 1. The van der Waals surface area contributed by atoms with Crippen molar-refractivity contribution < 1.29 is 14.3 Å². The van der Waals surface area contributed by atoms with Crippen LogP contribution in [0.4, 0.5) is 5.69 Å². The van der Waals surface area contributed by atoms with Crippen LogP contribution in [0.15, 0.2) is 34.9 Å². The molecule has 1 aromatic carbocycles. The zero-order valence-electron chi connectivity index (χ0n) is 12.1. The van der Waals surface area contributed by atoms with Crippen LogP contribution in [0.5, 0.6) is 5.75 Å². The van der Waals surface area contributed by atoms with Crippen LogP contribution in [-0.4, -0.2) is 24.1 Å². The van der Waals surface area contributed by atoms with Crippen molar-refractivity contribution in [1.29, 1.82) is 0 Å². The van der Waals surface area contributed by atoms with Gasteiger partial charge in [-0.1, -0.05) is 11.6 Å². The molecule has 0 saturated carbocycles. The van der Waals surface area contributed by atoms with Crippen molar-refractivity contribution >= 4 is 39.1 Å². The molecule has 7 heteroatoms. The second kappa shape index (κ2) is 7.29. The van der Waals surface area contributed by atoms with E-state index in [0.29, 0.717) is 34.1 Å². The quantitative estimate of drug-likeness (QED) is 0.856. The molecular weight excluding hydrogens is 384 g/mol. The standard InChI is InChI=1S/C16H14BrClN2O3/c17-13-6-11(18)1-2-15(13)23-9-16(21)20-12-5-10-8-22-4-3-14(10)19-7-12/h1-2,5-7H,3-4,8-9H2,(H,20,21). The summed E-state index contributed by atoms with van der Waals surface area (Å²) in [6, 6.07) is 7.00. The van der Waals surface area contributed by atoms with Crippen LogP contribution in [-0.2, 0) is 22.6 Å². The van der Waals surface area contributed by atoms with Gasteiger partial charge in [0, 0.05) is 22.7 Å². The molecule has 23 heavy (non-hydrogen) atoms. The first kappa shape index (κ1) is 16.2. The number of pyridine rings is 1. The zero-order chi connectivity index (χ0) is 16.2. The van der Waals surface area contributed by atoms with Crippen molar-refractivity contribution in [3.05, 3.63) is 51.2 Å². The second-order valence-electron chi connectivity index (χ2n) is 5.04. The minimum atomic E-state index is -0.259. The molecule has 3 rings (SSSR count). The maximum atomic E-state index is 12.0. The third kappa shape index (κ3) is 4.22. The van der Waals surface area contributed by atoms with Gasteiger partial charge in [0.25, 0.3) is 5.91 Å². The summed E-state index contributed by atoms with van der Waals surface area (Å²) in [5.74, 6) is 0.298. The van der Waals surface area contributed by atoms with Gasteiger partial charge in [0.05, 0.1) is 29.6 Å². The summed E-state index contributed by atoms with van der Waals surface area (Å²) in [6.45, 7) is 1.11. The number of hydrogen-bond donors (Lipinski definition) is 1. The summed E-state index contributed by atoms with van der Waals surface area (Å²) in [7, 11) is 0. The number of anilines is 1. The van der Waals surface area contributed by atoms with Gasteiger partial charge in [0.1, 0.15) is 5.75 Å². The van der Waals surface area contributed by atoms with Gasteiger partial charge in [-0.25, -0.2) is 0 Å². The van der Waals surface area contributed by atoms with Gasteiger partial charge < -0.3 is 14.8 Å². The molecule has 0 atom stereocenters. The topological polar surface area (TPSA) is 60.5 Å². The summed E-state index contributed by atoms with van der Waals surface area (Å²) in [6.07, 6.45) is 2.46. The summed E-state index contributed by atoms with van der Waals surface area (Å²) < 4.78 is 11.6. The van der Waals surface area contributed by atoms with Crippen molar-refractivity contribution in [3.63, 3.8) is 0 Å². The minimum absolute atomic E-state index is 0.103. The molecule has 0 saturated heterocycles. The minimum Gasteiger partial charge on any atom is -0.483 e. The van der Waals surface area contributed by atoms with Crippen LogP contribution in [0, 0.1) is 0 Å². The highest BCUT2D eigenvalue weighted by Crippen LogP contribution is 2.28. The molecule has 0 spiro atoms. The largest absolute Gasteiger partial charge is 0.483 e. The smallest absolute Gasteiger partial charge is 0.262 e. The first-order chi connectivity index (χ1) is 11.1. The van der Waals surface area contributed by atoms with E-state index in [-0.39, 0.29) is 12.5 Å². The summed E-state index contributed by atoms with van der Waals surface area (Å²) in [5, 5.41) is 3.36. The molecule has 1 N–H and O–H groups in total. The Kier molecular flexibility index (Phi) is 5.15. The Hall–Kier alpha value is -1.63. The Bertz CT molecular complexity index is 739. The van der Waals surface area contributed by atoms with Gasteiger partial charge in [0.15, 0.2) is 6.61 Å². The van der Waals surface area contributed by atoms with Crippen LogP contribution >= 0.6 is 27.5 Å². The van der Waals surface area contributed by atoms with Crippen LogP contribution < -0.4 is 10.1 Å². The molecule has 1 aromatic heterocycles. The van der Waals surface area contributed by atoms with E-state index in [1.807, 2.05) is 6.07 Å². The lowest BCUT2D eigenvalue weighted by Crippen LogP contribution is -2.21. The normalized spacial score (nSPS) is 13.3. The Morgan fingerprint density at radius 2 is 2.30 bits per heavy atom. The van der Waals surface area contributed by atoms with Crippen molar-refractivity contribution in [2.24, 2.45) is 0 Å². The fourth-order valence-corrected chi connectivity index (χ4v) is 3.04. The van der Waals surface area contributed by atoms with Crippen molar-refractivity contribution in [2.45, 2.75) is 13.0 Å². The van der Waals surface area contributed by atoms with Gasteiger partial charge in [0.2, 0.25) is 0 Å². The highest BCUT2D eigenvalue weighted by atomic mass is 79.9. The van der Waals surface area contributed by atoms with Crippen LogP contribution in [0.3, 0.4) is 0 Å². The molecule has 0 bridgehead atoms. The summed E-state index contributed by atoms with van der Waals surface area (Å²) in [5.41, 5.74) is 2.67. The molecule has 5 nitrogen and oxygen atoms in total. The molecule has 0 radical (unpaired) electrons. The van der Waals surface area contributed by atoms with Gasteiger partial charge >= 0.3 is 0 Å². The number of fused-ring (bicyclic) bond motifs is 1. The van der Waals surface area contributed by atoms with E-state index < -0.39 is 0 Å². The number of amides is 1. The summed E-state index contributed by atoms with van der Waals surface area (Å²) in [4.78, 5) is 16.4. The second-order valence-corrected chi connectivity index (χ2v) is 6.33. The predicted octanol–water partition coefficient (Wildman–Crippen LogP) is 3.59. The van der Waals surface area contributed by atoms with Crippen molar-refractivity contribution in [1.82, 2.24) is 4.98 Å². The molecule has 0 unspecified atom stereocenters. The fraction of sp³-hybridized carbons (Fsp3) is 0.250. The Labute approximate surface area is 147 Å². The number of carbonyl (C=O) groups excluding carboxylic acids is 1. The van der Waals surface area contributed by atoms with E-state index in [0.717, 1.165) is 17.7 Å². The van der Waals surface area contributed by atoms with Gasteiger partial charge in [-0.3, -0.25) is 9.78 Å². The lowest BCUT2D eigenvalue weighted by Gasteiger charge is -2.16. The number of benzene rings is 1. The van der Waals surface area contributed by atoms with Crippen LogP contribution in [0.25, 0.3) is 0 Å². The van der Waals surface area contributed by atoms with Crippen LogP contribution in [0.1, 0.15) is 11.3 Å². The third-order valence-corrected chi connectivity index (χ3v) is 4.19. The highest BCUT2D eigenvalue weighted by molar-refractivity contribution is 9.10. The van der Waals surface area contributed by atoms with E-state index in [1.54, 1.807) is 24.4 Å². The number of aromatic nitrogens is 1. The number of nitrogens with zero attached hydrogens (tertiary/aromatic N) is 1. The van der Waals surface area contributed by atoms with E-state index in [9.17, 15) is 4.79 Å². The fourth-order valence-electron chi connectivity index (χ4n) is 2.24. The molecule has 0 fully saturated rings. The molecule has 1 aliphatic rings. The van der Waals surface area contributed by atoms with Crippen molar-refractivity contribution in [3.8, 4) is 5.75 Å². The molecule has 0 aliphatic carbocycles. The number of rotatable bonds is 4. The number of hydrogen-bond acceptors (Lipinski definition) is 4.